The standard InChI is InChI=1S/C18H30O3S.C12H18O3S/c1-2-3-4-5-6-7-8-9-10-11-14-17-15-12-13-16-18(17)22(19,20)21;1-2-3-4-5-8-11-9-6-7-10-12(11)16(13,14)15/h12-13,15-16H,2-11,14H2,1H3,(H,19,20,21);6-7,9-10H,2-5,8H2,1H3,(H,13,14,15). The Kier molecular flexibility index (Phi) is 17.5. The maximum Gasteiger partial charge on any atom is 0.294 e. The Morgan fingerprint density at radius 2 is 0.763 bits per heavy atom. The van der Waals surface area contributed by atoms with E-state index in [9.17, 15) is 21.4 Å². The van der Waals surface area contributed by atoms with Crippen LogP contribution in [0.4, 0.5) is 0 Å². The molecule has 0 aromatic heterocycles. The fourth-order valence-electron chi connectivity index (χ4n) is 4.47. The predicted octanol–water partition coefficient (Wildman–Crippen LogP) is 8.45. The fraction of sp³-hybridized carbons (Fsp3) is 0.600. The quantitative estimate of drug-likeness (QED) is 0.138. The van der Waals surface area contributed by atoms with Crippen LogP contribution in [0.1, 0.15) is 115 Å². The summed E-state index contributed by atoms with van der Waals surface area (Å²) in [4.78, 5) is 0.109. The maximum atomic E-state index is 11.3. The van der Waals surface area contributed by atoms with Gasteiger partial charge in [0, 0.05) is 0 Å². The molecule has 0 atom stereocenters. The van der Waals surface area contributed by atoms with E-state index in [0.717, 1.165) is 44.1 Å². The van der Waals surface area contributed by atoms with Gasteiger partial charge in [-0.3, -0.25) is 9.11 Å². The first-order chi connectivity index (χ1) is 18.1. The van der Waals surface area contributed by atoms with Crippen LogP contribution in [0, 0.1) is 0 Å². The van der Waals surface area contributed by atoms with E-state index in [1.807, 2.05) is 6.07 Å². The highest BCUT2D eigenvalue weighted by atomic mass is 32.2. The Morgan fingerprint density at radius 1 is 0.474 bits per heavy atom. The van der Waals surface area contributed by atoms with Gasteiger partial charge in [0.1, 0.15) is 0 Å². The molecule has 0 aliphatic heterocycles. The van der Waals surface area contributed by atoms with Crippen LogP contribution in [0.15, 0.2) is 58.3 Å². The van der Waals surface area contributed by atoms with Crippen molar-refractivity contribution in [2.75, 3.05) is 0 Å². The lowest BCUT2D eigenvalue weighted by Crippen LogP contribution is -2.03. The van der Waals surface area contributed by atoms with Crippen LogP contribution < -0.4 is 0 Å². The third-order valence-electron chi connectivity index (χ3n) is 6.60. The molecule has 6 nitrogen and oxygen atoms in total. The largest absolute Gasteiger partial charge is 0.294 e. The molecule has 2 rings (SSSR count). The first-order valence-corrected chi connectivity index (χ1v) is 17.1. The lowest BCUT2D eigenvalue weighted by atomic mass is 10.0. The number of unbranched alkanes of at least 4 members (excludes halogenated alkanes) is 12. The number of benzene rings is 2. The van der Waals surface area contributed by atoms with E-state index in [1.54, 1.807) is 30.3 Å². The average Bonchev–Trinajstić information content (AvgIpc) is 2.87. The topological polar surface area (TPSA) is 109 Å². The average molecular weight is 569 g/mol. The molecule has 0 unspecified atom stereocenters. The second-order valence-corrected chi connectivity index (χ2v) is 12.7. The summed E-state index contributed by atoms with van der Waals surface area (Å²) in [5, 5.41) is 0. The summed E-state index contributed by atoms with van der Waals surface area (Å²) in [6, 6.07) is 13.4. The molecule has 216 valence electrons. The first kappa shape index (κ1) is 34.3. The van der Waals surface area contributed by atoms with Crippen molar-refractivity contribution in [3.63, 3.8) is 0 Å². The Bertz CT molecular complexity index is 1110. The van der Waals surface area contributed by atoms with Gasteiger partial charge in [0.05, 0.1) is 9.79 Å². The Balaban J connectivity index is 0.000000399. The highest BCUT2D eigenvalue weighted by Crippen LogP contribution is 2.19. The van der Waals surface area contributed by atoms with Gasteiger partial charge in [0.15, 0.2) is 0 Å². The number of aryl methyl sites for hydroxylation is 2. The Hall–Kier alpha value is -1.74. The van der Waals surface area contributed by atoms with E-state index < -0.39 is 20.2 Å². The SMILES string of the molecule is CCCCCCCCCCCCc1ccccc1S(=O)(=O)O.CCCCCCc1ccccc1S(=O)(=O)O. The molecular weight excluding hydrogens is 520 g/mol. The van der Waals surface area contributed by atoms with Crippen molar-refractivity contribution < 1.29 is 25.9 Å². The van der Waals surface area contributed by atoms with Crippen molar-refractivity contribution >= 4 is 20.2 Å². The summed E-state index contributed by atoms with van der Waals surface area (Å²) in [6.07, 6.45) is 18.4. The molecule has 38 heavy (non-hydrogen) atoms. The molecule has 0 fully saturated rings. The first-order valence-electron chi connectivity index (χ1n) is 14.2. The minimum atomic E-state index is -4.10. The van der Waals surface area contributed by atoms with Crippen LogP contribution in [0.25, 0.3) is 0 Å². The minimum Gasteiger partial charge on any atom is -0.282 e. The van der Waals surface area contributed by atoms with Crippen LogP contribution in [-0.4, -0.2) is 25.9 Å². The lowest BCUT2D eigenvalue weighted by molar-refractivity contribution is 0.479. The molecule has 0 aliphatic rings. The smallest absolute Gasteiger partial charge is 0.282 e. The molecule has 0 spiro atoms. The zero-order valence-electron chi connectivity index (χ0n) is 23.3. The zero-order chi connectivity index (χ0) is 28.3. The van der Waals surface area contributed by atoms with Crippen molar-refractivity contribution in [3.8, 4) is 0 Å². The van der Waals surface area contributed by atoms with Crippen molar-refractivity contribution in [2.45, 2.75) is 126 Å². The third kappa shape index (κ3) is 15.0. The van der Waals surface area contributed by atoms with Gasteiger partial charge < -0.3 is 0 Å². The minimum absolute atomic E-state index is 0.0477. The molecule has 2 N–H and O–H groups in total. The summed E-state index contributed by atoms with van der Waals surface area (Å²) in [6.45, 7) is 4.37. The van der Waals surface area contributed by atoms with E-state index in [0.29, 0.717) is 18.4 Å². The fourth-order valence-corrected chi connectivity index (χ4v) is 5.97. The molecule has 0 aliphatic carbocycles. The van der Waals surface area contributed by atoms with Gasteiger partial charge >= 0.3 is 0 Å². The molecule has 0 saturated carbocycles. The van der Waals surface area contributed by atoms with Crippen molar-refractivity contribution in [1.82, 2.24) is 0 Å². The van der Waals surface area contributed by atoms with Gasteiger partial charge in [-0.2, -0.15) is 16.8 Å². The highest BCUT2D eigenvalue weighted by molar-refractivity contribution is 7.86. The monoisotopic (exact) mass is 568 g/mol. The summed E-state index contributed by atoms with van der Waals surface area (Å²) >= 11 is 0. The highest BCUT2D eigenvalue weighted by Gasteiger charge is 2.14. The van der Waals surface area contributed by atoms with Gasteiger partial charge in [0.25, 0.3) is 20.2 Å². The molecule has 0 amide bonds. The van der Waals surface area contributed by atoms with E-state index >= 15 is 0 Å². The molecule has 0 bridgehead atoms. The van der Waals surface area contributed by atoms with Crippen LogP contribution in [-0.2, 0) is 33.1 Å². The van der Waals surface area contributed by atoms with Gasteiger partial charge in [-0.05, 0) is 48.9 Å². The molecule has 0 heterocycles. The van der Waals surface area contributed by atoms with Crippen molar-refractivity contribution in [1.29, 1.82) is 0 Å². The van der Waals surface area contributed by atoms with Gasteiger partial charge in [-0.15, -0.1) is 0 Å². The summed E-state index contributed by atoms with van der Waals surface area (Å²) in [7, 11) is -8.17. The number of hydrogen-bond acceptors (Lipinski definition) is 4. The molecular formula is C30H48O6S2. The molecule has 2 aromatic carbocycles. The van der Waals surface area contributed by atoms with E-state index in [4.69, 9.17) is 4.55 Å². The number of hydrogen-bond donors (Lipinski definition) is 2. The third-order valence-corrected chi connectivity index (χ3v) is 8.51. The van der Waals surface area contributed by atoms with E-state index in [-0.39, 0.29) is 9.79 Å². The van der Waals surface area contributed by atoms with Crippen LogP contribution in [0.5, 0.6) is 0 Å². The lowest BCUT2D eigenvalue weighted by Gasteiger charge is -2.07. The summed E-state index contributed by atoms with van der Waals surface area (Å²) in [5.74, 6) is 0. The molecule has 0 radical (unpaired) electrons. The second kappa shape index (κ2) is 19.3. The second-order valence-electron chi connectivity index (χ2n) is 9.91. The van der Waals surface area contributed by atoms with E-state index in [2.05, 4.69) is 13.8 Å². The van der Waals surface area contributed by atoms with E-state index in [1.165, 1.54) is 63.5 Å². The van der Waals surface area contributed by atoms with Crippen LogP contribution >= 0.6 is 0 Å². The van der Waals surface area contributed by atoms with Crippen molar-refractivity contribution in [3.05, 3.63) is 59.7 Å². The van der Waals surface area contributed by atoms with Gasteiger partial charge in [-0.25, -0.2) is 0 Å². The Morgan fingerprint density at radius 3 is 1.11 bits per heavy atom. The number of rotatable bonds is 18. The van der Waals surface area contributed by atoms with Crippen LogP contribution in [0.3, 0.4) is 0 Å². The molecule has 2 aromatic rings. The zero-order valence-corrected chi connectivity index (χ0v) is 24.9. The summed E-state index contributed by atoms with van der Waals surface area (Å²) in [5.41, 5.74) is 1.44. The molecule has 8 heteroatoms. The molecule has 0 saturated heterocycles. The Labute approximate surface area is 231 Å². The maximum absolute atomic E-state index is 11.3. The van der Waals surface area contributed by atoms with Crippen molar-refractivity contribution in [2.24, 2.45) is 0 Å². The van der Waals surface area contributed by atoms with Crippen LogP contribution in [0.2, 0.25) is 0 Å². The van der Waals surface area contributed by atoms with Gasteiger partial charge in [-0.1, -0.05) is 127 Å². The van der Waals surface area contributed by atoms with Gasteiger partial charge in [0.2, 0.25) is 0 Å². The normalized spacial score (nSPS) is 11.7. The summed E-state index contributed by atoms with van der Waals surface area (Å²) < 4.78 is 63.0. The predicted molar refractivity (Wildman–Crippen MR) is 156 cm³/mol.